The molecular weight excluding hydrogens is 370 g/mol. The van der Waals surface area contributed by atoms with E-state index in [2.05, 4.69) is 5.32 Å². The summed E-state index contributed by atoms with van der Waals surface area (Å²) in [6.07, 6.45) is 0. The van der Waals surface area contributed by atoms with Crippen LogP contribution in [0.15, 0.2) is 53.4 Å². The number of anilines is 2. The van der Waals surface area contributed by atoms with Crippen molar-refractivity contribution >= 4 is 33.2 Å². The number of amides is 2. The van der Waals surface area contributed by atoms with Crippen molar-refractivity contribution in [1.29, 1.82) is 0 Å². The lowest BCUT2D eigenvalue weighted by molar-refractivity contribution is -0.123. The van der Waals surface area contributed by atoms with Crippen LogP contribution in [0.4, 0.5) is 11.4 Å². The third-order valence-corrected chi connectivity index (χ3v) is 5.86. The molecule has 0 unspecified atom stereocenters. The minimum atomic E-state index is -3.53. The van der Waals surface area contributed by atoms with Crippen LogP contribution >= 0.6 is 0 Å². The largest absolute Gasteiger partial charge is 0.482 e. The highest BCUT2D eigenvalue weighted by atomic mass is 32.2. The maximum absolute atomic E-state index is 12.4. The first-order valence-electron chi connectivity index (χ1n) is 8.13. The van der Waals surface area contributed by atoms with Crippen LogP contribution in [-0.2, 0) is 19.6 Å². The maximum atomic E-state index is 12.4. The second kappa shape index (κ2) is 7.37. The fraction of sp³-hybridized carbons (Fsp3) is 0.222. The van der Waals surface area contributed by atoms with Gasteiger partial charge < -0.3 is 10.1 Å². The Bertz CT molecular complexity index is 971. The van der Waals surface area contributed by atoms with E-state index < -0.39 is 15.9 Å². The topological polar surface area (TPSA) is 96.0 Å². The van der Waals surface area contributed by atoms with E-state index >= 15 is 0 Å². The number of sulfonamides is 1. The second-order valence-electron chi connectivity index (χ2n) is 6.10. The first-order chi connectivity index (χ1) is 12.8. The Kier molecular flexibility index (Phi) is 5.15. The number of carbonyl (C=O) groups is 2. The van der Waals surface area contributed by atoms with Crippen molar-refractivity contribution < 1.29 is 22.7 Å². The quantitative estimate of drug-likeness (QED) is 0.832. The summed E-state index contributed by atoms with van der Waals surface area (Å²) in [5.74, 6) is -0.164. The predicted molar refractivity (Wildman–Crippen MR) is 100 cm³/mol. The van der Waals surface area contributed by atoms with Crippen molar-refractivity contribution in [1.82, 2.24) is 4.31 Å². The van der Waals surface area contributed by atoms with Gasteiger partial charge in [0.25, 0.3) is 5.91 Å². The molecule has 0 radical (unpaired) electrons. The van der Waals surface area contributed by atoms with E-state index in [9.17, 15) is 18.0 Å². The van der Waals surface area contributed by atoms with Crippen LogP contribution in [0.2, 0.25) is 0 Å². The zero-order valence-electron chi connectivity index (χ0n) is 14.9. The zero-order chi connectivity index (χ0) is 19.6. The number of ether oxygens (including phenoxy) is 1. The van der Waals surface area contributed by atoms with Crippen LogP contribution < -0.4 is 15.0 Å². The van der Waals surface area contributed by atoms with Gasteiger partial charge in [-0.2, -0.15) is 0 Å². The predicted octanol–water partition coefficient (Wildman–Crippen LogP) is 1.30. The highest BCUT2D eigenvalue weighted by Gasteiger charge is 2.27. The van der Waals surface area contributed by atoms with Gasteiger partial charge in [-0.05, 0) is 36.4 Å². The van der Waals surface area contributed by atoms with E-state index in [-0.39, 0.29) is 24.0 Å². The number of carbonyl (C=O) groups excluding carboxylic acids is 2. The summed E-state index contributed by atoms with van der Waals surface area (Å²) in [7, 11) is -0.638. The van der Waals surface area contributed by atoms with Crippen LogP contribution in [0.5, 0.6) is 5.75 Å². The third-order valence-electron chi connectivity index (χ3n) is 4.03. The van der Waals surface area contributed by atoms with Gasteiger partial charge in [-0.1, -0.05) is 12.1 Å². The highest BCUT2D eigenvalue weighted by molar-refractivity contribution is 7.89. The molecule has 0 atom stereocenters. The summed E-state index contributed by atoms with van der Waals surface area (Å²) in [4.78, 5) is 26.0. The van der Waals surface area contributed by atoms with Gasteiger partial charge in [-0.25, -0.2) is 12.7 Å². The van der Waals surface area contributed by atoms with Crippen molar-refractivity contribution in [3.05, 3.63) is 48.5 Å². The number of benzene rings is 2. The normalized spacial score (nSPS) is 13.9. The Labute approximate surface area is 157 Å². The minimum Gasteiger partial charge on any atom is -0.482 e. The van der Waals surface area contributed by atoms with Crippen molar-refractivity contribution in [3.8, 4) is 5.75 Å². The molecule has 3 rings (SSSR count). The van der Waals surface area contributed by atoms with Crippen molar-refractivity contribution in [3.63, 3.8) is 0 Å². The summed E-state index contributed by atoms with van der Waals surface area (Å²) in [5, 5.41) is 2.67. The van der Waals surface area contributed by atoms with E-state index in [1.54, 1.807) is 24.3 Å². The Balaban J connectivity index is 1.71. The molecular formula is C18H19N3O5S. The second-order valence-corrected chi connectivity index (χ2v) is 8.25. The lowest BCUT2D eigenvalue weighted by atomic mass is 10.2. The van der Waals surface area contributed by atoms with E-state index in [4.69, 9.17) is 4.74 Å². The van der Waals surface area contributed by atoms with Gasteiger partial charge in [-0.15, -0.1) is 0 Å². The molecule has 9 heteroatoms. The van der Waals surface area contributed by atoms with E-state index in [0.29, 0.717) is 17.1 Å². The molecule has 0 bridgehead atoms. The van der Waals surface area contributed by atoms with Crippen LogP contribution in [0, 0.1) is 0 Å². The lowest BCUT2D eigenvalue weighted by Crippen LogP contribution is -2.43. The summed E-state index contributed by atoms with van der Waals surface area (Å²) in [6, 6.07) is 12.8. The molecule has 2 aromatic rings. The molecule has 0 aliphatic carbocycles. The van der Waals surface area contributed by atoms with Crippen molar-refractivity contribution in [2.75, 3.05) is 37.5 Å². The number of nitrogens with zero attached hydrogens (tertiary/aromatic N) is 2. The Morgan fingerprint density at radius 2 is 1.81 bits per heavy atom. The standard InChI is InChI=1S/C18H19N3O5S/c1-20(2)27(24,25)14-9-7-13(8-10-14)19-17(22)11-21-15-5-3-4-6-16(15)26-12-18(21)23/h3-10H,11-12H2,1-2H3,(H,19,22). The minimum absolute atomic E-state index is 0.124. The number of fused-ring (bicyclic) bond motifs is 1. The summed E-state index contributed by atoms with van der Waals surface area (Å²) in [5.41, 5.74) is 0.975. The SMILES string of the molecule is CN(C)S(=O)(=O)c1ccc(NC(=O)CN2C(=O)COc3ccccc32)cc1. The molecule has 2 aromatic carbocycles. The van der Waals surface area contributed by atoms with Gasteiger partial charge in [0, 0.05) is 19.8 Å². The smallest absolute Gasteiger partial charge is 0.265 e. The molecule has 0 aromatic heterocycles. The van der Waals surface area contributed by atoms with Crippen LogP contribution in [0.3, 0.4) is 0 Å². The molecule has 8 nitrogen and oxygen atoms in total. The molecule has 2 amide bonds. The first kappa shape index (κ1) is 18.9. The molecule has 27 heavy (non-hydrogen) atoms. The number of hydrogen-bond donors (Lipinski definition) is 1. The monoisotopic (exact) mass is 389 g/mol. The number of nitrogens with one attached hydrogen (secondary N) is 1. The van der Waals surface area contributed by atoms with Gasteiger partial charge in [0.15, 0.2) is 6.61 Å². The van der Waals surface area contributed by atoms with Gasteiger partial charge in [-0.3, -0.25) is 14.5 Å². The molecule has 1 heterocycles. The molecule has 1 N–H and O–H groups in total. The highest BCUT2D eigenvalue weighted by Crippen LogP contribution is 2.31. The molecule has 142 valence electrons. The average molecular weight is 389 g/mol. The first-order valence-corrected chi connectivity index (χ1v) is 9.57. The number of rotatable bonds is 5. The molecule has 0 fully saturated rings. The lowest BCUT2D eigenvalue weighted by Gasteiger charge is -2.28. The maximum Gasteiger partial charge on any atom is 0.265 e. The van der Waals surface area contributed by atoms with Crippen molar-refractivity contribution in [2.24, 2.45) is 0 Å². The van der Waals surface area contributed by atoms with E-state index in [0.717, 1.165) is 4.31 Å². The van der Waals surface area contributed by atoms with Gasteiger partial charge in [0.2, 0.25) is 15.9 Å². The zero-order valence-corrected chi connectivity index (χ0v) is 15.7. The van der Waals surface area contributed by atoms with E-state index in [1.807, 2.05) is 0 Å². The van der Waals surface area contributed by atoms with Crippen LogP contribution in [0.1, 0.15) is 0 Å². The fourth-order valence-corrected chi connectivity index (χ4v) is 3.49. The molecule has 0 spiro atoms. The van der Waals surface area contributed by atoms with Gasteiger partial charge in [0.05, 0.1) is 10.6 Å². The molecule has 1 aliphatic heterocycles. The Hall–Kier alpha value is -2.91. The number of hydrogen-bond acceptors (Lipinski definition) is 5. The van der Waals surface area contributed by atoms with Crippen LogP contribution in [0.25, 0.3) is 0 Å². The Morgan fingerprint density at radius 1 is 1.15 bits per heavy atom. The molecule has 0 saturated heterocycles. The van der Waals surface area contributed by atoms with Gasteiger partial charge in [0.1, 0.15) is 12.3 Å². The third kappa shape index (κ3) is 3.93. The summed E-state index contributed by atoms with van der Waals surface area (Å²) < 4.78 is 30.6. The summed E-state index contributed by atoms with van der Waals surface area (Å²) >= 11 is 0. The molecule has 1 aliphatic rings. The average Bonchev–Trinajstić information content (AvgIpc) is 2.64. The fourth-order valence-electron chi connectivity index (χ4n) is 2.59. The number of para-hydroxylation sites is 2. The Morgan fingerprint density at radius 3 is 2.48 bits per heavy atom. The van der Waals surface area contributed by atoms with E-state index in [1.165, 1.54) is 43.3 Å². The molecule has 0 saturated carbocycles. The van der Waals surface area contributed by atoms with Gasteiger partial charge >= 0.3 is 0 Å². The van der Waals surface area contributed by atoms with Crippen molar-refractivity contribution in [2.45, 2.75) is 4.90 Å². The summed E-state index contributed by atoms with van der Waals surface area (Å²) in [6.45, 7) is -0.293. The van der Waals surface area contributed by atoms with Crippen LogP contribution in [-0.4, -0.2) is 51.8 Å².